The van der Waals surface area contributed by atoms with Crippen LogP contribution in [0.5, 0.6) is 0 Å². The second-order valence-electron chi connectivity index (χ2n) is 19.2. The second-order valence-corrected chi connectivity index (χ2v) is 19.2. The van der Waals surface area contributed by atoms with Crippen molar-refractivity contribution in [1.82, 2.24) is 10.6 Å². The Balaban J connectivity index is 0.000000162. The smallest absolute Gasteiger partial charge is 0.407 e. The average molecular weight is 1010 g/mol. The lowest BCUT2D eigenvalue weighted by atomic mass is 9.98. The molecule has 0 spiro atoms. The molecule has 0 atom stereocenters. The number of aryl methyl sites for hydroxylation is 2. The van der Waals surface area contributed by atoms with Gasteiger partial charge in [-0.25, -0.2) is 9.59 Å². The number of carboxylic acid groups (broad SMARTS) is 2. The lowest BCUT2D eigenvalue weighted by Gasteiger charge is -2.14. The van der Waals surface area contributed by atoms with E-state index in [4.69, 9.17) is 28.5 Å². The van der Waals surface area contributed by atoms with Gasteiger partial charge in [0.15, 0.2) is 0 Å². The zero-order valence-electron chi connectivity index (χ0n) is 41.6. The number of amides is 2. The van der Waals surface area contributed by atoms with Crippen molar-refractivity contribution < 1.29 is 47.7 Å². The summed E-state index contributed by atoms with van der Waals surface area (Å²) in [7, 11) is 0. The fraction of sp³-hybridized carbons (Fsp3) is 0.188. The molecule has 0 radical (unpaired) electrons. The molecule has 4 N–H and O–H groups in total. The summed E-state index contributed by atoms with van der Waals surface area (Å²) in [4.78, 5) is 47.3. The van der Waals surface area contributed by atoms with E-state index in [1.165, 1.54) is 44.5 Å². The highest BCUT2D eigenvalue weighted by Crippen LogP contribution is 2.46. The minimum absolute atomic E-state index is 0.0211. The van der Waals surface area contributed by atoms with Crippen molar-refractivity contribution in [2.24, 2.45) is 0 Å². The Labute approximate surface area is 437 Å². The first-order valence-corrected chi connectivity index (χ1v) is 25.7. The van der Waals surface area contributed by atoms with Crippen LogP contribution in [0.15, 0.2) is 179 Å². The maximum absolute atomic E-state index is 12.6. The van der Waals surface area contributed by atoms with Gasteiger partial charge in [-0.1, -0.05) is 170 Å². The van der Waals surface area contributed by atoms with E-state index >= 15 is 0 Å². The molecule has 2 aliphatic carbocycles. The Morgan fingerprint density at radius 2 is 0.671 bits per heavy atom. The number of alkyl carbamates (subject to hydrolysis) is 2. The molecule has 12 nitrogen and oxygen atoms in total. The maximum Gasteiger partial charge on any atom is 0.407 e. The molecule has 0 bridgehead atoms. The van der Waals surface area contributed by atoms with Gasteiger partial charge in [-0.15, -0.1) is 0 Å². The average Bonchev–Trinajstić information content (AvgIpc) is 4.28. The Kier molecular flexibility index (Phi) is 14.0. The summed E-state index contributed by atoms with van der Waals surface area (Å²) in [5.74, 6) is -1.63. The minimum atomic E-state index is -0.835. The van der Waals surface area contributed by atoms with Crippen molar-refractivity contribution in [2.45, 2.75) is 50.4 Å². The zero-order valence-corrected chi connectivity index (χ0v) is 41.6. The van der Waals surface area contributed by atoms with E-state index in [2.05, 4.69) is 59.2 Å². The van der Waals surface area contributed by atoms with Crippen molar-refractivity contribution in [3.63, 3.8) is 0 Å². The first-order chi connectivity index (χ1) is 37.2. The summed E-state index contributed by atoms with van der Waals surface area (Å²) in [5.41, 5.74) is 16.2. The number of nitrogens with one attached hydrogen (secondary N) is 2. The van der Waals surface area contributed by atoms with Crippen LogP contribution < -0.4 is 10.6 Å². The van der Waals surface area contributed by atoms with Gasteiger partial charge in [0, 0.05) is 59.3 Å². The van der Waals surface area contributed by atoms with E-state index in [-0.39, 0.29) is 37.9 Å². The predicted molar refractivity (Wildman–Crippen MR) is 293 cm³/mol. The van der Waals surface area contributed by atoms with Gasteiger partial charge in [-0.05, 0) is 92.4 Å². The first kappa shape index (κ1) is 49.1. The van der Waals surface area contributed by atoms with E-state index in [0.717, 1.165) is 66.1 Å². The molecule has 2 aromatic heterocycles. The zero-order chi connectivity index (χ0) is 52.1. The van der Waals surface area contributed by atoms with Gasteiger partial charge in [0.2, 0.25) is 0 Å². The molecule has 380 valence electrons. The van der Waals surface area contributed by atoms with Gasteiger partial charge in [0.1, 0.15) is 35.5 Å². The number of furan rings is 2. The molecular weight excluding hydrogens is 957 g/mol. The molecule has 0 saturated heterocycles. The van der Waals surface area contributed by atoms with Crippen molar-refractivity contribution in [2.75, 3.05) is 26.3 Å². The molecule has 76 heavy (non-hydrogen) atoms. The Morgan fingerprint density at radius 1 is 0.382 bits per heavy atom. The molecule has 2 aliphatic rings. The van der Waals surface area contributed by atoms with Gasteiger partial charge in [0.05, 0.1) is 0 Å². The molecule has 12 heteroatoms. The number of para-hydroxylation sites is 4. The first-order valence-electron chi connectivity index (χ1n) is 25.7. The van der Waals surface area contributed by atoms with Crippen molar-refractivity contribution in [1.29, 1.82) is 0 Å². The quantitative estimate of drug-likeness (QED) is 0.0728. The number of carbonyl (C=O) groups is 4. The highest BCUT2D eigenvalue weighted by Gasteiger charge is 2.30. The summed E-state index contributed by atoms with van der Waals surface area (Å²) in [6.45, 7) is 1.35. The molecule has 0 fully saturated rings. The van der Waals surface area contributed by atoms with E-state index < -0.39 is 24.1 Å². The molecule has 2 amide bonds. The molecule has 0 saturated carbocycles. The highest BCUT2D eigenvalue weighted by molar-refractivity contribution is 6.08. The molecule has 8 aromatic carbocycles. The van der Waals surface area contributed by atoms with Crippen LogP contribution in [0.3, 0.4) is 0 Å². The van der Waals surface area contributed by atoms with Crippen LogP contribution in [0.1, 0.15) is 69.2 Å². The van der Waals surface area contributed by atoms with Crippen LogP contribution in [-0.2, 0) is 44.7 Å². The fourth-order valence-corrected chi connectivity index (χ4v) is 11.0. The molecule has 0 unspecified atom stereocenters. The Bertz CT molecular complexity index is 3490. The van der Waals surface area contributed by atoms with Gasteiger partial charge in [-0.3, -0.25) is 9.59 Å². The Morgan fingerprint density at radius 3 is 0.974 bits per heavy atom. The molecule has 2 heterocycles. The van der Waals surface area contributed by atoms with Gasteiger partial charge in [-0.2, -0.15) is 0 Å². The fourth-order valence-electron chi connectivity index (χ4n) is 11.0. The number of hydrogen-bond donors (Lipinski definition) is 4. The third-order valence-corrected chi connectivity index (χ3v) is 14.6. The number of hydrogen-bond acceptors (Lipinski definition) is 8. The van der Waals surface area contributed by atoms with E-state index in [1.807, 2.05) is 121 Å². The van der Waals surface area contributed by atoms with Crippen molar-refractivity contribution in [3.8, 4) is 22.3 Å². The lowest BCUT2D eigenvalue weighted by molar-refractivity contribution is -0.138. The molecule has 12 rings (SSSR count). The summed E-state index contributed by atoms with van der Waals surface area (Å²) in [6.07, 6.45) is 1.17. The number of benzene rings is 8. The molecule has 0 aliphatic heterocycles. The lowest BCUT2D eigenvalue weighted by Crippen LogP contribution is -2.28. The van der Waals surface area contributed by atoms with Gasteiger partial charge >= 0.3 is 24.1 Å². The number of rotatable bonds is 16. The summed E-state index contributed by atoms with van der Waals surface area (Å²) >= 11 is 0. The van der Waals surface area contributed by atoms with Crippen LogP contribution in [0, 0.1) is 0 Å². The Hall–Kier alpha value is -9.16. The molecular formula is C64H54N2O10. The number of aliphatic carboxylic acids is 2. The maximum atomic E-state index is 12.6. The van der Waals surface area contributed by atoms with Crippen molar-refractivity contribution >= 4 is 68.0 Å². The number of fused-ring (bicyclic) bond motifs is 12. The predicted octanol–water partition coefficient (Wildman–Crippen LogP) is 13.4. The summed E-state index contributed by atoms with van der Waals surface area (Å²) in [5, 5.41) is 27.8. The molecule has 10 aromatic rings. The topological polar surface area (TPSA) is 178 Å². The minimum Gasteiger partial charge on any atom is -0.481 e. The third kappa shape index (κ3) is 9.97. The number of carbonyl (C=O) groups excluding carboxylic acids is 2. The normalized spacial score (nSPS) is 12.4. The van der Waals surface area contributed by atoms with Crippen LogP contribution >= 0.6 is 0 Å². The van der Waals surface area contributed by atoms with E-state index in [1.54, 1.807) is 0 Å². The third-order valence-electron chi connectivity index (χ3n) is 14.6. The largest absolute Gasteiger partial charge is 0.481 e. The summed E-state index contributed by atoms with van der Waals surface area (Å²) in [6, 6.07) is 56.7. The monoisotopic (exact) mass is 1010 g/mol. The van der Waals surface area contributed by atoms with Gasteiger partial charge < -0.3 is 39.2 Å². The van der Waals surface area contributed by atoms with E-state index in [9.17, 15) is 19.2 Å². The van der Waals surface area contributed by atoms with Crippen LogP contribution in [0.2, 0.25) is 0 Å². The van der Waals surface area contributed by atoms with Gasteiger partial charge in [0.25, 0.3) is 0 Å². The van der Waals surface area contributed by atoms with Crippen LogP contribution in [0.25, 0.3) is 66.1 Å². The van der Waals surface area contributed by atoms with Crippen LogP contribution in [-0.4, -0.2) is 60.6 Å². The summed E-state index contributed by atoms with van der Waals surface area (Å²) < 4.78 is 23.8. The SMILES string of the molecule is O=C(O)CCc1cccc2c1oc1c(CCNC(=O)OCC3c4ccccc4-c4ccccc43)cccc12.O=C(O)CCc1cccc2c1oc1c(CCNC(=O)OCC3c4ccccc4-c4ccccc43)cccc12. The number of ether oxygens (including phenoxy) is 2. The van der Waals surface area contributed by atoms with E-state index in [0.29, 0.717) is 38.8 Å². The second kappa shape index (κ2) is 21.7. The standard InChI is InChI=1S/2C32H27NO5/c2*34-29(35)16-15-20-7-5-13-26-27-14-6-8-21(31(27)38-30(20)26)17-18-33-32(36)37-19-28-24-11-3-1-9-22(24)23-10-2-4-12-25(23)28/h2*1-14,28H,15-19H2,(H,33,36)(H,34,35). The van der Waals surface area contributed by atoms with Crippen molar-refractivity contribution in [3.05, 3.63) is 214 Å². The highest BCUT2D eigenvalue weighted by atomic mass is 16.6. The number of carboxylic acids is 2. The van der Waals surface area contributed by atoms with Crippen LogP contribution in [0.4, 0.5) is 9.59 Å².